The van der Waals surface area contributed by atoms with Gasteiger partial charge in [-0.05, 0) is 36.8 Å². The first-order valence-electron chi connectivity index (χ1n) is 11.2. The van der Waals surface area contributed by atoms with Crippen molar-refractivity contribution >= 4 is 33.4 Å². The smallest absolute Gasteiger partial charge is 0.264 e. The Morgan fingerprint density at radius 2 is 1.90 bits per heavy atom. The van der Waals surface area contributed by atoms with Crippen LogP contribution in [0, 0.1) is 5.92 Å². The molecule has 2 aromatic heterocycles. The summed E-state index contributed by atoms with van der Waals surface area (Å²) in [5, 5.41) is 1.08. The lowest BCUT2D eigenvalue weighted by molar-refractivity contribution is -0.131. The van der Waals surface area contributed by atoms with Crippen LogP contribution in [0.3, 0.4) is 0 Å². The molecule has 5 rings (SSSR count). The molecule has 1 saturated carbocycles. The van der Waals surface area contributed by atoms with E-state index in [0.717, 1.165) is 40.2 Å². The molecule has 3 aliphatic rings. The zero-order valence-corrected chi connectivity index (χ0v) is 18.2. The molecule has 0 radical (unpaired) electrons. The number of likely N-dealkylation sites (tertiary alicyclic amines) is 1. The number of rotatable bonds is 4. The Balaban J connectivity index is 1.39. The van der Waals surface area contributed by atoms with Crippen LogP contribution in [-0.2, 0) is 9.53 Å². The molecule has 1 aliphatic carbocycles. The summed E-state index contributed by atoms with van der Waals surface area (Å²) in [6.45, 7) is 3.97. The molecule has 30 heavy (non-hydrogen) atoms. The molecule has 1 atom stereocenters. The number of aromatic nitrogens is 1. The van der Waals surface area contributed by atoms with E-state index >= 15 is 0 Å². The third-order valence-electron chi connectivity index (χ3n) is 6.88. The molecule has 0 N–H and O–H groups in total. The number of pyridine rings is 1. The number of hydrogen-bond acceptors (Lipinski definition) is 5. The Hall–Kier alpha value is -1.99. The Morgan fingerprint density at radius 3 is 2.70 bits per heavy atom. The fourth-order valence-corrected chi connectivity index (χ4v) is 6.44. The highest BCUT2D eigenvalue weighted by Crippen LogP contribution is 2.40. The van der Waals surface area contributed by atoms with Crippen molar-refractivity contribution in [1.82, 2.24) is 14.8 Å². The first-order chi connectivity index (χ1) is 14.7. The normalized spacial score (nSPS) is 22.9. The van der Waals surface area contributed by atoms with Gasteiger partial charge in [0, 0.05) is 50.1 Å². The summed E-state index contributed by atoms with van der Waals surface area (Å²) in [5.41, 5.74) is 1.11. The number of carbonyl (C=O) groups is 2. The molecule has 0 aromatic carbocycles. The Bertz CT molecular complexity index is 931. The molecule has 160 valence electrons. The van der Waals surface area contributed by atoms with Crippen LogP contribution >= 0.6 is 11.3 Å². The van der Waals surface area contributed by atoms with E-state index in [1.807, 2.05) is 15.9 Å². The van der Waals surface area contributed by atoms with Crippen molar-refractivity contribution in [3.63, 3.8) is 0 Å². The van der Waals surface area contributed by atoms with E-state index in [2.05, 4.69) is 11.1 Å². The van der Waals surface area contributed by atoms with Gasteiger partial charge >= 0.3 is 0 Å². The summed E-state index contributed by atoms with van der Waals surface area (Å²) in [6.07, 6.45) is 8.32. The largest absolute Gasteiger partial charge is 0.378 e. The third-order valence-corrected chi connectivity index (χ3v) is 8.00. The zero-order valence-electron chi connectivity index (χ0n) is 17.3. The molecular weight excluding hydrogens is 398 g/mol. The second-order valence-electron chi connectivity index (χ2n) is 8.79. The predicted octanol–water partition coefficient (Wildman–Crippen LogP) is 3.66. The molecular formula is C23H29N3O3S. The van der Waals surface area contributed by atoms with Crippen molar-refractivity contribution in [2.75, 3.05) is 39.4 Å². The minimum absolute atomic E-state index is 0.0898. The van der Waals surface area contributed by atoms with Gasteiger partial charge in [0.25, 0.3) is 5.91 Å². The fraction of sp³-hybridized carbons (Fsp3) is 0.609. The topological polar surface area (TPSA) is 62.7 Å². The molecule has 6 nitrogen and oxygen atoms in total. The number of amides is 2. The van der Waals surface area contributed by atoms with Crippen molar-refractivity contribution in [3.05, 3.63) is 28.8 Å². The van der Waals surface area contributed by atoms with Gasteiger partial charge in [-0.2, -0.15) is 0 Å². The van der Waals surface area contributed by atoms with Crippen LogP contribution < -0.4 is 0 Å². The first-order valence-corrected chi connectivity index (χ1v) is 12.0. The Morgan fingerprint density at radius 1 is 1.10 bits per heavy atom. The van der Waals surface area contributed by atoms with Gasteiger partial charge in [-0.15, -0.1) is 11.3 Å². The van der Waals surface area contributed by atoms with Gasteiger partial charge in [-0.3, -0.25) is 9.59 Å². The van der Waals surface area contributed by atoms with Crippen molar-refractivity contribution in [2.24, 2.45) is 5.92 Å². The number of carbonyl (C=O) groups excluding carboxylic acids is 2. The maximum atomic E-state index is 13.4. The summed E-state index contributed by atoms with van der Waals surface area (Å²) in [6, 6.07) is 4.02. The quantitative estimate of drug-likeness (QED) is 0.747. The maximum absolute atomic E-state index is 13.4. The molecule has 0 spiro atoms. The molecule has 2 saturated heterocycles. The van der Waals surface area contributed by atoms with Crippen LogP contribution in [0.2, 0.25) is 0 Å². The van der Waals surface area contributed by atoms with Gasteiger partial charge < -0.3 is 14.5 Å². The lowest BCUT2D eigenvalue weighted by Crippen LogP contribution is -2.40. The highest BCUT2D eigenvalue weighted by atomic mass is 32.1. The average Bonchev–Trinajstić information content (AvgIpc) is 3.53. The predicted molar refractivity (Wildman–Crippen MR) is 117 cm³/mol. The number of hydrogen-bond donors (Lipinski definition) is 0. The number of fused-ring (bicyclic) bond motifs is 1. The van der Waals surface area contributed by atoms with E-state index in [1.165, 1.54) is 37.0 Å². The molecule has 0 unspecified atom stereocenters. The van der Waals surface area contributed by atoms with Crippen molar-refractivity contribution in [3.8, 4) is 0 Å². The maximum Gasteiger partial charge on any atom is 0.264 e. The van der Waals surface area contributed by atoms with Gasteiger partial charge in [-0.25, -0.2) is 4.98 Å². The molecule has 2 aromatic rings. The average molecular weight is 428 g/mol. The van der Waals surface area contributed by atoms with E-state index in [-0.39, 0.29) is 11.8 Å². The van der Waals surface area contributed by atoms with Crippen LogP contribution in [0.1, 0.15) is 59.7 Å². The standard InChI is InChI=1S/C23H29N3O3S/c27-19(14-16-4-1-2-5-16)26-9-7-17(15-26)20-18-6-3-8-24-22(18)30-21(20)23(28)25-10-12-29-13-11-25/h3,6,8,16-17H,1-2,4-5,7,9-15H2/t17-/m1/s1. The number of morpholine rings is 1. The first kappa shape index (κ1) is 19.9. The number of thiophene rings is 1. The molecule has 3 fully saturated rings. The van der Waals surface area contributed by atoms with Gasteiger partial charge in [0.15, 0.2) is 0 Å². The highest BCUT2D eigenvalue weighted by molar-refractivity contribution is 7.20. The zero-order chi connectivity index (χ0) is 20.5. The van der Waals surface area contributed by atoms with E-state index in [1.54, 1.807) is 6.20 Å². The van der Waals surface area contributed by atoms with Gasteiger partial charge in [0.2, 0.25) is 5.91 Å². The number of ether oxygens (including phenoxy) is 1. The fourth-order valence-electron chi connectivity index (χ4n) is 5.24. The molecule has 7 heteroatoms. The summed E-state index contributed by atoms with van der Waals surface area (Å²) in [5.74, 6) is 1.16. The lowest BCUT2D eigenvalue weighted by atomic mass is 9.95. The van der Waals surface area contributed by atoms with Crippen molar-refractivity contribution in [2.45, 2.75) is 44.4 Å². The second-order valence-corrected chi connectivity index (χ2v) is 9.78. The van der Waals surface area contributed by atoms with Gasteiger partial charge in [0.1, 0.15) is 4.83 Å². The van der Waals surface area contributed by atoms with Gasteiger partial charge in [-0.1, -0.05) is 18.9 Å². The van der Waals surface area contributed by atoms with Crippen molar-refractivity contribution in [1.29, 1.82) is 0 Å². The Labute approximate surface area is 181 Å². The summed E-state index contributed by atoms with van der Waals surface area (Å²) < 4.78 is 5.42. The summed E-state index contributed by atoms with van der Waals surface area (Å²) >= 11 is 1.50. The second kappa shape index (κ2) is 8.63. The number of nitrogens with zero attached hydrogens (tertiary/aromatic N) is 3. The summed E-state index contributed by atoms with van der Waals surface area (Å²) in [4.78, 5) is 36.4. The van der Waals surface area contributed by atoms with Crippen LogP contribution in [0.25, 0.3) is 10.2 Å². The minimum Gasteiger partial charge on any atom is -0.378 e. The van der Waals surface area contributed by atoms with Crippen LogP contribution in [-0.4, -0.2) is 66.0 Å². The van der Waals surface area contributed by atoms with E-state index < -0.39 is 0 Å². The van der Waals surface area contributed by atoms with Crippen molar-refractivity contribution < 1.29 is 14.3 Å². The van der Waals surface area contributed by atoms with E-state index in [4.69, 9.17) is 4.74 Å². The Kier molecular flexibility index (Phi) is 5.74. The SMILES string of the molecule is O=C(CC1CCCC1)N1CC[C@@H](c2c(C(=O)N3CCOCC3)sc3ncccc23)C1. The molecule has 2 aliphatic heterocycles. The monoisotopic (exact) mass is 427 g/mol. The van der Waals surface area contributed by atoms with Crippen LogP contribution in [0.15, 0.2) is 18.3 Å². The van der Waals surface area contributed by atoms with Crippen LogP contribution in [0.5, 0.6) is 0 Å². The highest BCUT2D eigenvalue weighted by Gasteiger charge is 2.35. The van der Waals surface area contributed by atoms with Gasteiger partial charge in [0.05, 0.1) is 18.1 Å². The molecule has 4 heterocycles. The van der Waals surface area contributed by atoms with E-state index in [9.17, 15) is 9.59 Å². The van der Waals surface area contributed by atoms with Crippen LogP contribution in [0.4, 0.5) is 0 Å². The molecule has 2 amide bonds. The lowest BCUT2D eigenvalue weighted by Gasteiger charge is -2.27. The van der Waals surface area contributed by atoms with E-state index in [0.29, 0.717) is 44.5 Å². The minimum atomic E-state index is 0.0898. The summed E-state index contributed by atoms with van der Waals surface area (Å²) in [7, 11) is 0. The third kappa shape index (κ3) is 3.85. The molecule has 0 bridgehead atoms.